The fourth-order valence-electron chi connectivity index (χ4n) is 3.82. The highest BCUT2D eigenvalue weighted by Crippen LogP contribution is 2.28. The fourth-order valence-corrected chi connectivity index (χ4v) is 3.82. The van der Waals surface area contributed by atoms with E-state index in [0.717, 1.165) is 48.5 Å². The summed E-state index contributed by atoms with van der Waals surface area (Å²) >= 11 is 0. The van der Waals surface area contributed by atoms with Gasteiger partial charge in [-0.15, -0.1) is 0 Å². The molecule has 3 aromatic heterocycles. The van der Waals surface area contributed by atoms with Gasteiger partial charge >= 0.3 is 0 Å². The monoisotopic (exact) mass is 401 g/mol. The maximum absolute atomic E-state index is 12.5. The molecule has 0 radical (unpaired) electrons. The molecule has 0 unspecified atom stereocenters. The quantitative estimate of drug-likeness (QED) is 0.543. The minimum absolute atomic E-state index is 0.171. The zero-order valence-electron chi connectivity index (χ0n) is 16.8. The first-order chi connectivity index (χ1) is 14.7. The van der Waals surface area contributed by atoms with E-state index in [2.05, 4.69) is 39.3 Å². The Hall–Kier alpha value is -3.58. The second-order valence-corrected chi connectivity index (χ2v) is 7.60. The van der Waals surface area contributed by atoms with Gasteiger partial charge in [0.15, 0.2) is 0 Å². The lowest BCUT2D eigenvalue weighted by Crippen LogP contribution is -2.44. The third kappa shape index (κ3) is 3.55. The summed E-state index contributed by atoms with van der Waals surface area (Å²) in [5.41, 5.74) is 3.53. The molecule has 5 rings (SSSR count). The molecule has 2 N–H and O–H groups in total. The summed E-state index contributed by atoms with van der Waals surface area (Å²) in [6.07, 6.45) is 4.91. The average molecular weight is 401 g/mol. The maximum Gasteiger partial charge on any atom is 0.259 e. The van der Waals surface area contributed by atoms with Crippen LogP contribution in [0, 0.1) is 0 Å². The van der Waals surface area contributed by atoms with E-state index in [1.807, 2.05) is 30.3 Å². The smallest absolute Gasteiger partial charge is 0.259 e. The first-order valence-electron chi connectivity index (χ1n) is 10.0. The molecule has 1 aromatic carbocycles. The zero-order chi connectivity index (χ0) is 20.5. The number of likely N-dealkylation sites (N-methyl/N-ethyl adjacent to an activating group) is 1. The number of furan rings is 1. The Morgan fingerprint density at radius 1 is 1.07 bits per heavy atom. The van der Waals surface area contributed by atoms with Gasteiger partial charge in [0.05, 0.1) is 23.6 Å². The topological polar surface area (TPSA) is 77.4 Å². The second kappa shape index (κ2) is 7.68. The Morgan fingerprint density at radius 2 is 1.87 bits per heavy atom. The van der Waals surface area contributed by atoms with Crippen LogP contribution >= 0.6 is 0 Å². The molecule has 7 heteroatoms. The van der Waals surface area contributed by atoms with Gasteiger partial charge in [0, 0.05) is 49.3 Å². The molecule has 0 spiro atoms. The zero-order valence-corrected chi connectivity index (χ0v) is 16.8. The summed E-state index contributed by atoms with van der Waals surface area (Å²) in [6, 6.07) is 13.9. The Bertz CT molecular complexity index is 1210. The molecular weight excluding hydrogens is 378 g/mol. The van der Waals surface area contributed by atoms with Crippen LogP contribution in [0.3, 0.4) is 0 Å². The largest absolute Gasteiger partial charge is 0.472 e. The van der Waals surface area contributed by atoms with Crippen LogP contribution in [0.5, 0.6) is 0 Å². The number of fused-ring (bicyclic) bond motifs is 1. The molecule has 0 amide bonds. The number of anilines is 3. The van der Waals surface area contributed by atoms with E-state index in [1.54, 1.807) is 18.7 Å². The molecule has 1 aliphatic heterocycles. The van der Waals surface area contributed by atoms with Gasteiger partial charge in [0.1, 0.15) is 5.82 Å². The van der Waals surface area contributed by atoms with Crippen LogP contribution in [0.25, 0.3) is 22.0 Å². The Morgan fingerprint density at radius 3 is 2.60 bits per heavy atom. The van der Waals surface area contributed by atoms with Crippen LogP contribution in [0.4, 0.5) is 17.2 Å². The first-order valence-corrected chi connectivity index (χ1v) is 10.0. The molecule has 7 nitrogen and oxygen atoms in total. The van der Waals surface area contributed by atoms with Gasteiger partial charge in [-0.2, -0.15) is 0 Å². The van der Waals surface area contributed by atoms with E-state index in [-0.39, 0.29) is 5.56 Å². The number of hydrogen-bond acceptors (Lipinski definition) is 6. The molecule has 0 saturated carbocycles. The Labute approximate surface area is 174 Å². The normalized spacial score (nSPS) is 14.9. The van der Waals surface area contributed by atoms with Gasteiger partial charge in [0.25, 0.3) is 5.56 Å². The molecule has 0 atom stereocenters. The number of pyridine rings is 2. The third-order valence-corrected chi connectivity index (χ3v) is 5.57. The van der Waals surface area contributed by atoms with Crippen molar-refractivity contribution in [2.45, 2.75) is 0 Å². The lowest BCUT2D eigenvalue weighted by Gasteiger charge is -2.34. The molecule has 4 aromatic rings. The van der Waals surface area contributed by atoms with Crippen molar-refractivity contribution in [3.8, 4) is 11.3 Å². The Kier molecular flexibility index (Phi) is 4.72. The molecular formula is C23H23N5O2. The highest BCUT2D eigenvalue weighted by Gasteiger charge is 2.15. The number of hydrogen-bond donors (Lipinski definition) is 2. The highest BCUT2D eigenvalue weighted by atomic mass is 16.3. The molecule has 0 aliphatic carbocycles. The molecule has 30 heavy (non-hydrogen) atoms. The number of nitrogens with one attached hydrogen (secondary N) is 2. The van der Waals surface area contributed by atoms with Gasteiger partial charge < -0.3 is 24.5 Å². The molecule has 1 saturated heterocycles. The van der Waals surface area contributed by atoms with Gasteiger partial charge in [0.2, 0.25) is 0 Å². The summed E-state index contributed by atoms with van der Waals surface area (Å²) in [4.78, 5) is 24.7. The van der Waals surface area contributed by atoms with Crippen molar-refractivity contribution in [3.63, 3.8) is 0 Å². The van der Waals surface area contributed by atoms with E-state index >= 15 is 0 Å². The number of aromatic nitrogens is 2. The number of rotatable bonds is 4. The van der Waals surface area contributed by atoms with Crippen molar-refractivity contribution >= 4 is 28.0 Å². The van der Waals surface area contributed by atoms with Crippen molar-refractivity contribution in [1.29, 1.82) is 0 Å². The molecule has 4 heterocycles. The number of benzene rings is 1. The summed E-state index contributed by atoms with van der Waals surface area (Å²) in [7, 11) is 2.15. The number of H-pyrrole nitrogens is 1. The summed E-state index contributed by atoms with van der Waals surface area (Å²) in [6.45, 7) is 4.19. The predicted octanol–water partition coefficient (Wildman–Crippen LogP) is 3.68. The predicted molar refractivity (Wildman–Crippen MR) is 120 cm³/mol. The minimum atomic E-state index is -0.171. The van der Waals surface area contributed by atoms with Crippen LogP contribution in [0.2, 0.25) is 0 Å². The van der Waals surface area contributed by atoms with E-state index in [4.69, 9.17) is 9.40 Å². The van der Waals surface area contributed by atoms with E-state index in [9.17, 15) is 4.79 Å². The van der Waals surface area contributed by atoms with Crippen molar-refractivity contribution in [1.82, 2.24) is 14.9 Å². The van der Waals surface area contributed by atoms with Gasteiger partial charge in [-0.25, -0.2) is 4.98 Å². The highest BCUT2D eigenvalue weighted by molar-refractivity contribution is 5.95. The van der Waals surface area contributed by atoms with Crippen LogP contribution in [-0.2, 0) is 0 Å². The van der Waals surface area contributed by atoms with Gasteiger partial charge in [-0.1, -0.05) is 0 Å². The van der Waals surface area contributed by atoms with Crippen LogP contribution in [0.15, 0.2) is 70.4 Å². The standard InChI is InChI=1S/C23H23N5O2/c1-27-9-11-28(12-10-27)19-4-2-18(3-5-19)25-22-21-16(6-8-24-23(21)29)14-20(26-22)17-7-13-30-15-17/h2-8,13-15H,9-12H2,1H3,(H,24,29)(H,25,26). The van der Waals surface area contributed by atoms with Crippen LogP contribution in [-0.4, -0.2) is 48.1 Å². The van der Waals surface area contributed by atoms with E-state index in [1.165, 1.54) is 5.69 Å². The van der Waals surface area contributed by atoms with Crippen LogP contribution < -0.4 is 15.8 Å². The van der Waals surface area contributed by atoms with Gasteiger partial charge in [-0.05, 0) is 54.9 Å². The maximum atomic E-state index is 12.5. The molecule has 1 fully saturated rings. The summed E-state index contributed by atoms with van der Waals surface area (Å²) in [5, 5.41) is 4.69. The molecule has 1 aliphatic rings. The van der Waals surface area contributed by atoms with Crippen molar-refractivity contribution < 1.29 is 4.42 Å². The lowest BCUT2D eigenvalue weighted by molar-refractivity contribution is 0.313. The minimum Gasteiger partial charge on any atom is -0.472 e. The molecule has 152 valence electrons. The van der Waals surface area contributed by atoms with Crippen molar-refractivity contribution in [2.75, 3.05) is 43.4 Å². The molecule has 0 bridgehead atoms. The average Bonchev–Trinajstić information content (AvgIpc) is 3.30. The fraction of sp³-hybridized carbons (Fsp3) is 0.217. The SMILES string of the molecule is CN1CCN(c2ccc(Nc3nc(-c4ccoc4)cc4cc[nH]c(=O)c34)cc2)CC1. The van der Waals surface area contributed by atoms with Crippen LogP contribution in [0.1, 0.15) is 0 Å². The lowest BCUT2D eigenvalue weighted by atomic mass is 10.1. The summed E-state index contributed by atoms with van der Waals surface area (Å²) in [5.74, 6) is 0.526. The second-order valence-electron chi connectivity index (χ2n) is 7.60. The van der Waals surface area contributed by atoms with Gasteiger partial charge in [-0.3, -0.25) is 4.79 Å². The van der Waals surface area contributed by atoms with Crippen molar-refractivity contribution in [2.24, 2.45) is 0 Å². The number of nitrogens with zero attached hydrogens (tertiary/aromatic N) is 3. The Balaban J connectivity index is 1.48. The van der Waals surface area contributed by atoms with E-state index in [0.29, 0.717) is 11.2 Å². The third-order valence-electron chi connectivity index (χ3n) is 5.57. The number of piperazine rings is 1. The van der Waals surface area contributed by atoms with Crippen molar-refractivity contribution in [3.05, 3.63) is 71.5 Å². The number of aromatic amines is 1. The first kappa shape index (κ1) is 18.4. The summed E-state index contributed by atoms with van der Waals surface area (Å²) < 4.78 is 5.20. The van der Waals surface area contributed by atoms with E-state index < -0.39 is 0 Å².